The molecule has 8 heteroatoms. The normalized spacial score (nSPS) is 17.3. The Hall–Kier alpha value is -2.45. The van der Waals surface area contributed by atoms with E-state index in [0.29, 0.717) is 50.9 Å². The molecule has 2 aromatic carbocycles. The second-order valence-corrected chi connectivity index (χ2v) is 9.53. The summed E-state index contributed by atoms with van der Waals surface area (Å²) in [6.45, 7) is 6.40. The van der Waals surface area contributed by atoms with E-state index in [2.05, 4.69) is 5.32 Å². The van der Waals surface area contributed by atoms with Gasteiger partial charge < -0.3 is 24.3 Å². The van der Waals surface area contributed by atoms with Gasteiger partial charge in [0.2, 0.25) is 0 Å². The lowest BCUT2D eigenvalue weighted by Crippen LogP contribution is -2.29. The molecule has 0 spiro atoms. The third-order valence-electron chi connectivity index (χ3n) is 4.88. The topological polar surface area (TPSA) is 83.1 Å². The van der Waals surface area contributed by atoms with Crippen molar-refractivity contribution in [2.24, 2.45) is 0 Å². The summed E-state index contributed by atoms with van der Waals surface area (Å²) in [7, 11) is -2.89. The molecular weight excluding hydrogens is 418 g/mol. The van der Waals surface area contributed by atoms with Crippen LogP contribution >= 0.6 is 0 Å². The Labute approximate surface area is 184 Å². The average molecular weight is 450 g/mol. The molecule has 1 aliphatic rings. The first kappa shape index (κ1) is 23.2. The summed E-state index contributed by atoms with van der Waals surface area (Å²) in [6, 6.07) is 13.3. The van der Waals surface area contributed by atoms with Gasteiger partial charge in [-0.25, -0.2) is 8.42 Å². The molecule has 2 aromatic rings. The molecule has 31 heavy (non-hydrogen) atoms. The molecular formula is C23H31NO6S. The van der Waals surface area contributed by atoms with E-state index >= 15 is 0 Å². The van der Waals surface area contributed by atoms with E-state index in [-0.39, 0.29) is 17.5 Å². The molecule has 0 unspecified atom stereocenters. The van der Waals surface area contributed by atoms with Crippen LogP contribution in [-0.4, -0.2) is 52.4 Å². The van der Waals surface area contributed by atoms with Crippen molar-refractivity contribution in [2.75, 3.05) is 37.9 Å². The molecule has 0 bridgehead atoms. The van der Waals surface area contributed by atoms with Crippen molar-refractivity contribution in [1.29, 1.82) is 0 Å². The fraction of sp³-hybridized carbons (Fsp3) is 0.478. The maximum atomic E-state index is 11.6. The van der Waals surface area contributed by atoms with Crippen LogP contribution in [0.4, 0.5) is 0 Å². The molecule has 1 fully saturated rings. The number of nitrogens with one attached hydrogen (secondary N) is 1. The van der Waals surface area contributed by atoms with E-state index < -0.39 is 9.84 Å². The van der Waals surface area contributed by atoms with Gasteiger partial charge in [-0.1, -0.05) is 6.07 Å². The molecule has 1 heterocycles. The van der Waals surface area contributed by atoms with Gasteiger partial charge in [-0.15, -0.1) is 0 Å². The summed E-state index contributed by atoms with van der Waals surface area (Å²) in [5, 5.41) is 3.32. The van der Waals surface area contributed by atoms with Crippen molar-refractivity contribution < 1.29 is 27.4 Å². The number of hydrogen-bond donors (Lipinski definition) is 1. The summed E-state index contributed by atoms with van der Waals surface area (Å²) in [5.74, 6) is 3.37. The summed E-state index contributed by atoms with van der Waals surface area (Å²) in [4.78, 5) is 0. The van der Waals surface area contributed by atoms with Gasteiger partial charge in [0, 0.05) is 12.6 Å². The van der Waals surface area contributed by atoms with Crippen LogP contribution in [0.25, 0.3) is 0 Å². The lowest BCUT2D eigenvalue weighted by atomic mass is 10.1. The van der Waals surface area contributed by atoms with Crippen LogP contribution in [-0.2, 0) is 16.4 Å². The number of sulfone groups is 1. The van der Waals surface area contributed by atoms with Crippen LogP contribution < -0.4 is 24.3 Å². The van der Waals surface area contributed by atoms with Gasteiger partial charge >= 0.3 is 0 Å². The van der Waals surface area contributed by atoms with Gasteiger partial charge in [0.05, 0.1) is 24.7 Å². The van der Waals surface area contributed by atoms with Gasteiger partial charge in [-0.2, -0.15) is 0 Å². The SMILES string of the molecule is CCOc1ccc(OCCOc2ccc(CN[C@H]3CCS(=O)(=O)C3)cc2OCC)cc1. The molecule has 0 aliphatic carbocycles. The third-order valence-corrected chi connectivity index (χ3v) is 6.65. The molecule has 1 aliphatic heterocycles. The van der Waals surface area contributed by atoms with E-state index in [1.54, 1.807) is 0 Å². The zero-order valence-electron chi connectivity index (χ0n) is 18.1. The maximum absolute atomic E-state index is 11.6. The predicted molar refractivity (Wildman–Crippen MR) is 120 cm³/mol. The minimum atomic E-state index is -2.89. The lowest BCUT2D eigenvalue weighted by molar-refractivity contribution is 0.208. The summed E-state index contributed by atoms with van der Waals surface area (Å²) < 4.78 is 45.9. The molecule has 170 valence electrons. The van der Waals surface area contributed by atoms with Crippen molar-refractivity contribution in [3.05, 3.63) is 48.0 Å². The molecule has 1 N–H and O–H groups in total. The molecule has 0 aromatic heterocycles. The summed E-state index contributed by atoms with van der Waals surface area (Å²) in [6.07, 6.45) is 0.663. The zero-order chi connectivity index (χ0) is 22.1. The highest BCUT2D eigenvalue weighted by molar-refractivity contribution is 7.91. The second-order valence-electron chi connectivity index (χ2n) is 7.30. The molecule has 7 nitrogen and oxygen atoms in total. The molecule has 3 rings (SSSR count). The Bertz CT molecular complexity index is 930. The van der Waals surface area contributed by atoms with E-state index in [9.17, 15) is 8.42 Å². The Kier molecular flexibility index (Phi) is 8.43. The van der Waals surface area contributed by atoms with Crippen LogP contribution in [0.3, 0.4) is 0 Å². The van der Waals surface area contributed by atoms with E-state index in [0.717, 1.165) is 17.1 Å². The average Bonchev–Trinajstić information content (AvgIpc) is 3.11. The molecule has 0 amide bonds. The van der Waals surface area contributed by atoms with E-state index in [4.69, 9.17) is 18.9 Å². The van der Waals surface area contributed by atoms with Crippen LogP contribution in [0.2, 0.25) is 0 Å². The highest BCUT2D eigenvalue weighted by Gasteiger charge is 2.27. The van der Waals surface area contributed by atoms with E-state index in [1.165, 1.54) is 0 Å². The number of ether oxygens (including phenoxy) is 4. The van der Waals surface area contributed by atoms with Gasteiger partial charge in [0.1, 0.15) is 24.7 Å². The Morgan fingerprint density at radius 2 is 1.55 bits per heavy atom. The van der Waals surface area contributed by atoms with Crippen molar-refractivity contribution >= 4 is 9.84 Å². The first-order chi connectivity index (χ1) is 15.0. The molecule has 0 radical (unpaired) electrons. The summed E-state index contributed by atoms with van der Waals surface area (Å²) >= 11 is 0. The summed E-state index contributed by atoms with van der Waals surface area (Å²) in [5.41, 5.74) is 1.02. The molecule has 0 saturated carbocycles. The quantitative estimate of drug-likeness (QED) is 0.498. The number of hydrogen-bond acceptors (Lipinski definition) is 7. The molecule has 1 saturated heterocycles. The lowest BCUT2D eigenvalue weighted by Gasteiger charge is -2.15. The van der Waals surface area contributed by atoms with Crippen LogP contribution in [0.1, 0.15) is 25.8 Å². The van der Waals surface area contributed by atoms with Crippen LogP contribution in [0, 0.1) is 0 Å². The first-order valence-electron chi connectivity index (χ1n) is 10.7. The smallest absolute Gasteiger partial charge is 0.161 e. The highest BCUT2D eigenvalue weighted by Crippen LogP contribution is 2.29. The highest BCUT2D eigenvalue weighted by atomic mass is 32.2. The van der Waals surface area contributed by atoms with E-state index in [1.807, 2.05) is 56.3 Å². The van der Waals surface area contributed by atoms with Crippen LogP contribution in [0.5, 0.6) is 23.0 Å². The zero-order valence-corrected chi connectivity index (χ0v) is 18.9. The number of rotatable bonds is 12. The largest absolute Gasteiger partial charge is 0.494 e. The molecule has 1 atom stereocenters. The van der Waals surface area contributed by atoms with Gasteiger partial charge in [0.15, 0.2) is 21.3 Å². The maximum Gasteiger partial charge on any atom is 0.161 e. The van der Waals surface area contributed by atoms with Crippen molar-refractivity contribution in [3.8, 4) is 23.0 Å². The first-order valence-corrected chi connectivity index (χ1v) is 12.5. The van der Waals surface area contributed by atoms with Crippen LogP contribution in [0.15, 0.2) is 42.5 Å². The van der Waals surface area contributed by atoms with Gasteiger partial charge in [-0.3, -0.25) is 0 Å². The second kappa shape index (κ2) is 11.2. The predicted octanol–water partition coefficient (Wildman–Crippen LogP) is 3.22. The fourth-order valence-corrected chi connectivity index (χ4v) is 5.09. The third kappa shape index (κ3) is 7.33. The van der Waals surface area contributed by atoms with Crippen molar-refractivity contribution in [1.82, 2.24) is 5.32 Å². The number of benzene rings is 2. The standard InChI is InChI=1S/C23H31NO6S/c1-3-27-20-6-8-21(9-7-20)29-12-13-30-22-10-5-18(15-23(22)28-4-2)16-24-19-11-14-31(25,26)17-19/h5-10,15,19,24H,3-4,11-14,16-17H2,1-2H3/t19-/m0/s1. The Balaban J connectivity index is 1.48. The Morgan fingerprint density at radius 3 is 2.19 bits per heavy atom. The van der Waals surface area contributed by atoms with Crippen molar-refractivity contribution in [2.45, 2.75) is 32.9 Å². The Morgan fingerprint density at radius 1 is 0.871 bits per heavy atom. The monoisotopic (exact) mass is 449 g/mol. The van der Waals surface area contributed by atoms with Gasteiger partial charge in [-0.05, 0) is 62.2 Å². The van der Waals surface area contributed by atoms with Gasteiger partial charge in [0.25, 0.3) is 0 Å². The minimum Gasteiger partial charge on any atom is -0.494 e. The fourth-order valence-electron chi connectivity index (χ4n) is 3.38. The minimum absolute atomic E-state index is 0.0104. The van der Waals surface area contributed by atoms with Crippen molar-refractivity contribution in [3.63, 3.8) is 0 Å².